The van der Waals surface area contributed by atoms with Crippen LogP contribution in [0.25, 0.3) is 0 Å². The number of alkyl halides is 2. The molecule has 0 saturated carbocycles. The van der Waals surface area contributed by atoms with Crippen LogP contribution < -0.4 is 0 Å². The maximum Gasteiger partial charge on any atom is 0.392 e. The van der Waals surface area contributed by atoms with Gasteiger partial charge in [0.1, 0.15) is 0 Å². The van der Waals surface area contributed by atoms with Gasteiger partial charge in [0, 0.05) is 0 Å². The molecule has 0 fully saturated rings. The van der Waals surface area contributed by atoms with Gasteiger partial charge in [-0.3, -0.25) is 0 Å². The van der Waals surface area contributed by atoms with E-state index in [2.05, 4.69) is 0 Å². The van der Waals surface area contributed by atoms with Crippen molar-refractivity contribution in [1.82, 2.24) is 0 Å². The van der Waals surface area contributed by atoms with Crippen LogP contribution in [0.5, 0.6) is 0 Å². The van der Waals surface area contributed by atoms with E-state index in [-0.39, 0.29) is 0 Å². The Hall–Kier alpha value is -0.720. The zero-order valence-electron chi connectivity index (χ0n) is 4.88. The summed E-state index contributed by atoms with van der Waals surface area (Å²) in [6, 6.07) is 0. The second kappa shape index (κ2) is 3.61. The van der Waals surface area contributed by atoms with Crippen molar-refractivity contribution in [3.63, 3.8) is 0 Å². The first kappa shape index (κ1) is 10.3. The zero-order chi connectivity index (χ0) is 9.07. The van der Waals surface area contributed by atoms with Crippen LogP contribution in [-0.2, 0) is 4.94 Å². The molecule has 0 spiro atoms. The van der Waals surface area contributed by atoms with Crippen LogP contribution in [-0.4, -0.2) is 6.11 Å². The van der Waals surface area contributed by atoms with Crippen molar-refractivity contribution in [3.05, 3.63) is 11.9 Å². The van der Waals surface area contributed by atoms with Gasteiger partial charge in [-0.25, -0.2) is 4.39 Å². The van der Waals surface area contributed by atoms with Gasteiger partial charge < -0.3 is 0 Å². The van der Waals surface area contributed by atoms with Crippen LogP contribution in [0.15, 0.2) is 11.9 Å². The maximum absolute atomic E-state index is 11.6. The minimum atomic E-state index is -4.53. The van der Waals surface area contributed by atoms with Gasteiger partial charge in [-0.2, -0.15) is 17.6 Å². The van der Waals surface area contributed by atoms with Gasteiger partial charge in [-0.15, -0.1) is 4.94 Å². The minimum Gasteiger partial charge on any atom is -0.206 e. The summed E-state index contributed by atoms with van der Waals surface area (Å²) in [4.78, 5) is 1.92. The van der Waals surface area contributed by atoms with Gasteiger partial charge in [-0.05, 0) is 4.53 Å². The van der Waals surface area contributed by atoms with Crippen LogP contribution in [0.1, 0.15) is 6.42 Å². The highest BCUT2D eigenvalue weighted by Gasteiger charge is 2.34. The molecule has 0 bridgehead atoms. The van der Waals surface area contributed by atoms with E-state index in [1.165, 1.54) is 0 Å². The summed E-state index contributed by atoms with van der Waals surface area (Å²) in [6.07, 6.45) is -9.55. The second-order valence-corrected chi connectivity index (χ2v) is 1.56. The molecule has 0 heterocycles. The van der Waals surface area contributed by atoms with E-state index in [1.807, 2.05) is 4.94 Å². The molecule has 0 radical (unpaired) electrons. The first-order chi connectivity index (χ1) is 4.89. The molecule has 0 aliphatic heterocycles. The predicted octanol–water partition coefficient (Wildman–Crippen LogP) is 2.95. The van der Waals surface area contributed by atoms with Crippen LogP contribution in [0.4, 0.5) is 26.5 Å². The molecule has 0 aliphatic rings. The normalized spacial score (nSPS) is 11.5. The number of rotatable bonds is 3. The largest absolute Gasteiger partial charge is 0.392 e. The quantitative estimate of drug-likeness (QED) is 0.606. The van der Waals surface area contributed by atoms with Crippen molar-refractivity contribution in [1.29, 1.82) is 0 Å². The molecule has 0 saturated heterocycles. The standard InChI is InChI=1S/C4H2F6O/c5-2(3(6)7)1-4(8,9)11-10/h1H2. The molecule has 0 amide bonds. The van der Waals surface area contributed by atoms with Crippen LogP contribution in [0.3, 0.4) is 0 Å². The van der Waals surface area contributed by atoms with Crippen molar-refractivity contribution < 1.29 is 31.4 Å². The molecule has 0 N–H and O–H groups in total. The molecule has 7 heteroatoms. The fraction of sp³-hybridized carbons (Fsp3) is 0.500. The number of halogens is 6. The highest BCUT2D eigenvalue weighted by molar-refractivity contribution is 4.93. The highest BCUT2D eigenvalue weighted by Crippen LogP contribution is 2.27. The van der Waals surface area contributed by atoms with E-state index in [0.29, 0.717) is 0 Å². The fourth-order valence-corrected chi connectivity index (χ4v) is 0.275. The van der Waals surface area contributed by atoms with Gasteiger partial charge >= 0.3 is 12.2 Å². The number of hydrogen-bond acceptors (Lipinski definition) is 1. The molecular weight excluding hydrogens is 178 g/mol. The lowest BCUT2D eigenvalue weighted by atomic mass is 10.4. The maximum atomic E-state index is 11.6. The van der Waals surface area contributed by atoms with Gasteiger partial charge in [0.25, 0.3) is 0 Å². The molecule has 0 aromatic heterocycles. The first-order valence-corrected chi connectivity index (χ1v) is 2.26. The molecular formula is C4H2F6O. The Kier molecular flexibility index (Phi) is 3.37. The monoisotopic (exact) mass is 180 g/mol. The van der Waals surface area contributed by atoms with Crippen molar-refractivity contribution in [2.75, 3.05) is 0 Å². The second-order valence-electron chi connectivity index (χ2n) is 1.56. The average Bonchev–Trinajstić information content (AvgIpc) is 1.87. The molecule has 1 nitrogen and oxygen atoms in total. The Morgan fingerprint density at radius 1 is 1.18 bits per heavy atom. The topological polar surface area (TPSA) is 9.23 Å². The predicted molar refractivity (Wildman–Crippen MR) is 22.1 cm³/mol. The smallest absolute Gasteiger partial charge is 0.206 e. The van der Waals surface area contributed by atoms with Crippen LogP contribution >= 0.6 is 0 Å². The van der Waals surface area contributed by atoms with Gasteiger partial charge in [-0.1, -0.05) is 0 Å². The molecule has 0 aromatic rings. The third kappa shape index (κ3) is 3.87. The summed E-state index contributed by atoms with van der Waals surface area (Å²) < 4.78 is 67.6. The zero-order valence-corrected chi connectivity index (χ0v) is 4.88. The molecule has 66 valence electrons. The van der Waals surface area contributed by atoms with Crippen LogP contribution in [0, 0.1) is 0 Å². The minimum absolute atomic E-state index is 1.92. The first-order valence-electron chi connectivity index (χ1n) is 2.26. The Labute approximate surface area is 57.2 Å². The van der Waals surface area contributed by atoms with Gasteiger partial charge in [0.2, 0.25) is 0 Å². The summed E-state index contributed by atoms with van der Waals surface area (Å²) in [7, 11) is 0. The van der Waals surface area contributed by atoms with Crippen molar-refractivity contribution in [2.45, 2.75) is 12.5 Å². The van der Waals surface area contributed by atoms with Crippen molar-refractivity contribution in [2.24, 2.45) is 0 Å². The van der Waals surface area contributed by atoms with Crippen molar-refractivity contribution >= 4 is 0 Å². The summed E-state index contributed by atoms with van der Waals surface area (Å²) >= 11 is 0. The van der Waals surface area contributed by atoms with E-state index in [1.54, 1.807) is 0 Å². The Morgan fingerprint density at radius 3 is 1.91 bits per heavy atom. The van der Waals surface area contributed by atoms with Crippen molar-refractivity contribution in [3.8, 4) is 0 Å². The Morgan fingerprint density at radius 2 is 1.64 bits per heavy atom. The Balaban J connectivity index is 4.15. The van der Waals surface area contributed by atoms with Gasteiger partial charge in [0.05, 0.1) is 6.42 Å². The summed E-state index contributed by atoms with van der Waals surface area (Å²) in [5, 5.41) is 0. The molecule has 0 aliphatic carbocycles. The van der Waals surface area contributed by atoms with E-state index < -0.39 is 24.4 Å². The van der Waals surface area contributed by atoms with Crippen LogP contribution in [0.2, 0.25) is 0 Å². The summed E-state index contributed by atoms with van der Waals surface area (Å²) in [5.41, 5.74) is 0. The molecule has 0 aromatic carbocycles. The molecule has 0 rings (SSSR count). The summed E-state index contributed by atoms with van der Waals surface area (Å²) in [6.45, 7) is 0. The third-order valence-electron chi connectivity index (χ3n) is 0.679. The molecule has 0 atom stereocenters. The van der Waals surface area contributed by atoms with E-state index in [4.69, 9.17) is 0 Å². The third-order valence-corrected chi connectivity index (χ3v) is 0.679. The highest BCUT2D eigenvalue weighted by atomic mass is 19.4. The lowest BCUT2D eigenvalue weighted by Crippen LogP contribution is -2.16. The Bertz CT molecular complexity index is 160. The molecule has 11 heavy (non-hydrogen) atoms. The SMILES string of the molecule is FOC(F)(F)CC(F)=C(F)F. The van der Waals surface area contributed by atoms with Gasteiger partial charge in [0.15, 0.2) is 5.83 Å². The lowest BCUT2D eigenvalue weighted by molar-refractivity contribution is -0.354. The van der Waals surface area contributed by atoms with E-state index in [9.17, 15) is 26.5 Å². The summed E-state index contributed by atoms with van der Waals surface area (Å²) in [5.74, 6) is -2.40. The lowest BCUT2D eigenvalue weighted by Gasteiger charge is -2.06. The van der Waals surface area contributed by atoms with E-state index in [0.717, 1.165) is 0 Å². The molecule has 0 unspecified atom stereocenters. The van der Waals surface area contributed by atoms with E-state index >= 15 is 0 Å². The number of hydrogen-bond donors (Lipinski definition) is 0. The average molecular weight is 180 g/mol. The fourth-order valence-electron chi connectivity index (χ4n) is 0.275.